The van der Waals surface area contributed by atoms with Gasteiger partial charge in [0, 0.05) is 23.3 Å². The number of nitrogens with one attached hydrogen (secondary N) is 3. The number of pyridine rings is 1. The van der Waals surface area contributed by atoms with Crippen LogP contribution in [0.15, 0.2) is 30.5 Å². The topological polar surface area (TPSA) is 102 Å². The number of amides is 1. The van der Waals surface area contributed by atoms with Crippen LogP contribution in [0.4, 0.5) is 17.2 Å². The molecule has 0 atom stereocenters. The van der Waals surface area contributed by atoms with Crippen molar-refractivity contribution in [1.82, 2.24) is 15.0 Å². The molecular formula is C25H33ClN6O3. The maximum atomic E-state index is 12.8. The van der Waals surface area contributed by atoms with Crippen molar-refractivity contribution in [3.05, 3.63) is 41.0 Å². The lowest BCUT2D eigenvalue weighted by Gasteiger charge is -2.37. The summed E-state index contributed by atoms with van der Waals surface area (Å²) in [5.74, 6) is 1.57. The first kappa shape index (κ1) is 24.1. The zero-order chi connectivity index (χ0) is 24.6. The highest BCUT2D eigenvalue weighted by atomic mass is 35.5. The highest BCUT2D eigenvalue weighted by molar-refractivity contribution is 6.31. The van der Waals surface area contributed by atoms with Crippen LogP contribution in [0.2, 0.25) is 5.02 Å². The number of aliphatic hydroxyl groups excluding tert-OH is 1. The second-order valence-electron chi connectivity index (χ2n) is 9.36. The molecule has 0 unspecified atom stereocenters. The molecule has 0 bridgehead atoms. The highest BCUT2D eigenvalue weighted by Crippen LogP contribution is 2.45. The largest absolute Gasteiger partial charge is 0.491 e. The Morgan fingerprint density at radius 3 is 2.69 bits per heavy atom. The lowest BCUT2D eigenvalue weighted by molar-refractivity contribution is -0.122. The number of carbonyl (C=O) groups excluding carboxylic acids is 1. The second-order valence-corrected chi connectivity index (χ2v) is 9.79. The van der Waals surface area contributed by atoms with Crippen LogP contribution >= 0.6 is 11.6 Å². The zero-order valence-electron chi connectivity index (χ0n) is 20.2. The van der Waals surface area contributed by atoms with Crippen molar-refractivity contribution in [3.8, 4) is 5.75 Å². The fourth-order valence-corrected chi connectivity index (χ4v) is 5.43. The summed E-state index contributed by atoms with van der Waals surface area (Å²) in [5.41, 5.74) is 8.84. The van der Waals surface area contributed by atoms with Crippen molar-refractivity contribution in [1.29, 1.82) is 0 Å². The van der Waals surface area contributed by atoms with Gasteiger partial charge in [0.05, 0.1) is 29.4 Å². The van der Waals surface area contributed by atoms with Gasteiger partial charge >= 0.3 is 0 Å². The minimum Gasteiger partial charge on any atom is -0.491 e. The smallest absolute Gasteiger partial charge is 0.235 e. The molecule has 6 rings (SSSR count). The number of fused-ring (bicyclic) bond motifs is 3. The van der Waals surface area contributed by atoms with Crippen LogP contribution in [0.3, 0.4) is 0 Å². The highest BCUT2D eigenvalue weighted by Gasteiger charge is 2.48. The van der Waals surface area contributed by atoms with E-state index in [1.54, 1.807) is 6.20 Å². The molecule has 1 saturated carbocycles. The van der Waals surface area contributed by atoms with Gasteiger partial charge in [-0.05, 0) is 62.5 Å². The van der Waals surface area contributed by atoms with E-state index < -0.39 is 5.41 Å². The number of nitrogens with zero attached hydrogens (tertiary/aromatic N) is 3. The second kappa shape index (κ2) is 9.81. The molecular weight excluding hydrogens is 468 g/mol. The quantitative estimate of drug-likeness (QED) is 0.494. The molecule has 4 heterocycles. The summed E-state index contributed by atoms with van der Waals surface area (Å²) < 4.78 is 5.97. The lowest BCUT2D eigenvalue weighted by atomic mass is 9.73. The average Bonchev–Trinajstić information content (AvgIpc) is 3.38. The zero-order valence-corrected chi connectivity index (χ0v) is 20.9. The van der Waals surface area contributed by atoms with E-state index in [1.165, 1.54) is 0 Å². The van der Waals surface area contributed by atoms with Crippen LogP contribution in [0, 0.1) is 0 Å². The molecule has 188 valence electrons. The van der Waals surface area contributed by atoms with Crippen molar-refractivity contribution in [2.45, 2.75) is 57.1 Å². The van der Waals surface area contributed by atoms with Crippen LogP contribution in [0.25, 0.3) is 0 Å². The normalized spacial score (nSPS) is 24.3. The summed E-state index contributed by atoms with van der Waals surface area (Å²) >= 11 is 6.21. The number of halogens is 1. The summed E-state index contributed by atoms with van der Waals surface area (Å²) in [6, 6.07) is 7.85. The number of piperidine rings is 1. The number of ether oxygens (including phenoxy) is 1. The average molecular weight is 501 g/mol. The van der Waals surface area contributed by atoms with Gasteiger partial charge in [-0.2, -0.15) is 0 Å². The Morgan fingerprint density at radius 2 is 1.94 bits per heavy atom. The summed E-state index contributed by atoms with van der Waals surface area (Å²) in [5, 5.41) is 15.1. The number of carbonyl (C=O) groups is 1. The predicted octanol–water partition coefficient (Wildman–Crippen LogP) is 3.62. The fourth-order valence-electron chi connectivity index (χ4n) is 5.26. The van der Waals surface area contributed by atoms with E-state index in [2.05, 4.69) is 26.1 Å². The molecule has 2 fully saturated rings. The Hall–Kier alpha value is -2.59. The van der Waals surface area contributed by atoms with Gasteiger partial charge in [-0.25, -0.2) is 4.98 Å². The first-order chi connectivity index (χ1) is 17.0. The fraction of sp³-hybridized carbons (Fsp3) is 0.520. The number of aliphatic hydroxyl groups is 1. The molecule has 1 aromatic carbocycles. The predicted molar refractivity (Wildman–Crippen MR) is 137 cm³/mol. The van der Waals surface area contributed by atoms with E-state index in [-0.39, 0.29) is 18.1 Å². The summed E-state index contributed by atoms with van der Waals surface area (Å²) in [7, 11) is 0. The van der Waals surface area contributed by atoms with Gasteiger partial charge in [-0.15, -0.1) is 5.12 Å². The van der Waals surface area contributed by atoms with E-state index in [9.17, 15) is 9.90 Å². The van der Waals surface area contributed by atoms with Crippen LogP contribution in [0.5, 0.6) is 5.75 Å². The van der Waals surface area contributed by atoms with Gasteiger partial charge < -0.3 is 15.2 Å². The molecule has 10 heteroatoms. The molecule has 35 heavy (non-hydrogen) atoms. The SMILES string of the molecule is CC.O=C1Nc2ccc(Cl)cc2C12CCN(CCOc1cnc3c(c1)NN(C1CC(O)C1)N3)CC2. The standard InChI is InChI=1S/C23H27ClN6O3.C2H6/c24-14-1-2-19-18(9-14)23(22(32)26-19)3-5-29(6-4-23)7-8-33-17-12-20-21(25-13-17)28-30(27-20)15-10-16(31)11-15;1-2/h1-2,9,12-13,15-16,27,31H,3-8,10-11H2,(H,25,28)(H,26,32);1-2H3. The number of hydrogen-bond acceptors (Lipinski definition) is 8. The maximum absolute atomic E-state index is 12.8. The van der Waals surface area contributed by atoms with Gasteiger partial charge in [-0.1, -0.05) is 25.4 Å². The maximum Gasteiger partial charge on any atom is 0.235 e. The molecule has 0 radical (unpaired) electrons. The van der Waals surface area contributed by atoms with Gasteiger partial charge in [0.1, 0.15) is 12.4 Å². The molecule has 1 aromatic heterocycles. The summed E-state index contributed by atoms with van der Waals surface area (Å²) in [6.07, 6.45) is 4.54. The van der Waals surface area contributed by atoms with E-state index in [0.29, 0.717) is 17.4 Å². The monoisotopic (exact) mass is 500 g/mol. The van der Waals surface area contributed by atoms with Crippen LogP contribution in [-0.2, 0) is 10.2 Å². The van der Waals surface area contributed by atoms with Gasteiger partial charge in [0.15, 0.2) is 5.82 Å². The van der Waals surface area contributed by atoms with E-state index >= 15 is 0 Å². The van der Waals surface area contributed by atoms with Gasteiger partial charge in [0.25, 0.3) is 0 Å². The number of rotatable bonds is 5. The number of likely N-dealkylation sites (tertiary alicyclic amines) is 1. The molecule has 3 aliphatic heterocycles. The third-order valence-corrected chi connectivity index (χ3v) is 7.58. The third kappa shape index (κ3) is 4.53. The lowest BCUT2D eigenvalue weighted by Crippen LogP contribution is -2.50. The molecule has 1 aliphatic carbocycles. The third-order valence-electron chi connectivity index (χ3n) is 7.35. The Morgan fingerprint density at radius 1 is 1.17 bits per heavy atom. The Bertz CT molecular complexity index is 1080. The van der Waals surface area contributed by atoms with Crippen molar-refractivity contribution in [2.75, 3.05) is 42.4 Å². The summed E-state index contributed by atoms with van der Waals surface area (Å²) in [6.45, 7) is 7.00. The van der Waals surface area contributed by atoms with Crippen molar-refractivity contribution >= 4 is 34.7 Å². The van der Waals surface area contributed by atoms with Crippen LogP contribution < -0.4 is 20.9 Å². The Kier molecular flexibility index (Phi) is 6.76. The number of benzene rings is 1. The van der Waals surface area contributed by atoms with Gasteiger partial charge in [-0.3, -0.25) is 20.5 Å². The first-order valence-electron chi connectivity index (χ1n) is 12.5. The number of hydrazine groups is 2. The molecule has 1 saturated heterocycles. The number of hydrogen-bond donors (Lipinski definition) is 4. The van der Waals surface area contributed by atoms with E-state index in [4.69, 9.17) is 16.3 Å². The van der Waals surface area contributed by atoms with Crippen LogP contribution in [0.1, 0.15) is 45.1 Å². The minimum atomic E-state index is -0.470. The molecule has 9 nitrogen and oxygen atoms in total. The number of aromatic nitrogens is 1. The Labute approximate surface area is 210 Å². The van der Waals surface area contributed by atoms with E-state index in [1.807, 2.05) is 43.2 Å². The molecule has 4 aliphatic rings. The Balaban J connectivity index is 0.00000124. The minimum absolute atomic E-state index is 0.0893. The molecule has 2 aromatic rings. The molecule has 4 N–H and O–H groups in total. The van der Waals surface area contributed by atoms with Crippen molar-refractivity contribution < 1.29 is 14.6 Å². The van der Waals surface area contributed by atoms with Crippen LogP contribution in [-0.4, -0.2) is 64.4 Å². The number of anilines is 3. The van der Waals surface area contributed by atoms with Gasteiger partial charge in [0.2, 0.25) is 5.91 Å². The molecule has 1 amide bonds. The van der Waals surface area contributed by atoms with Crippen molar-refractivity contribution in [2.24, 2.45) is 0 Å². The first-order valence-corrected chi connectivity index (χ1v) is 12.9. The summed E-state index contributed by atoms with van der Waals surface area (Å²) in [4.78, 5) is 19.6. The van der Waals surface area contributed by atoms with Crippen molar-refractivity contribution in [3.63, 3.8) is 0 Å². The molecule has 1 spiro atoms. The van der Waals surface area contributed by atoms with E-state index in [0.717, 1.165) is 68.1 Å².